The van der Waals surface area contributed by atoms with Crippen LogP contribution in [0.2, 0.25) is 0 Å². The van der Waals surface area contributed by atoms with E-state index in [1.165, 1.54) is 34.9 Å². The topological polar surface area (TPSA) is 88.6 Å². The van der Waals surface area contributed by atoms with E-state index in [2.05, 4.69) is 10.3 Å². The smallest absolute Gasteiger partial charge is 0.257 e. The molecule has 3 rings (SSSR count). The number of amides is 1. The lowest BCUT2D eigenvalue weighted by atomic mass is 10.1. The highest BCUT2D eigenvalue weighted by Crippen LogP contribution is 2.32. The summed E-state index contributed by atoms with van der Waals surface area (Å²) in [6.07, 6.45) is 4.34. The van der Waals surface area contributed by atoms with Crippen molar-refractivity contribution in [1.82, 2.24) is 9.29 Å². The maximum absolute atomic E-state index is 13.2. The summed E-state index contributed by atoms with van der Waals surface area (Å²) in [6.45, 7) is 4.27. The molecule has 0 aliphatic carbocycles. The molecule has 0 bridgehead atoms. The molecular formula is C18H23N3O4S2. The number of aromatic nitrogens is 1. The summed E-state index contributed by atoms with van der Waals surface area (Å²) in [5, 5.41) is 3.18. The number of sulfonamides is 1. The molecule has 146 valence electrons. The Morgan fingerprint density at radius 2 is 2.15 bits per heavy atom. The third-order valence-corrected chi connectivity index (χ3v) is 7.46. The summed E-state index contributed by atoms with van der Waals surface area (Å²) in [5.74, 6) is -0.176. The van der Waals surface area contributed by atoms with Crippen molar-refractivity contribution in [2.24, 2.45) is 0 Å². The van der Waals surface area contributed by atoms with Crippen LogP contribution in [0, 0.1) is 6.92 Å². The first-order valence-corrected chi connectivity index (χ1v) is 11.0. The van der Waals surface area contributed by atoms with Gasteiger partial charge in [-0.2, -0.15) is 4.31 Å². The fourth-order valence-corrected chi connectivity index (χ4v) is 5.70. The molecule has 1 amide bonds. The van der Waals surface area contributed by atoms with E-state index in [-0.39, 0.29) is 22.3 Å². The molecule has 2 heterocycles. The molecular weight excluding hydrogens is 386 g/mol. The Kier molecular flexibility index (Phi) is 5.83. The minimum absolute atomic E-state index is 0.0155. The van der Waals surface area contributed by atoms with Crippen molar-refractivity contribution in [3.63, 3.8) is 0 Å². The Morgan fingerprint density at radius 1 is 1.37 bits per heavy atom. The van der Waals surface area contributed by atoms with Gasteiger partial charge in [-0.25, -0.2) is 13.4 Å². The van der Waals surface area contributed by atoms with Gasteiger partial charge in [0.25, 0.3) is 5.91 Å². The van der Waals surface area contributed by atoms with Crippen molar-refractivity contribution in [2.75, 3.05) is 19.0 Å². The largest absolute Gasteiger partial charge is 0.495 e. The van der Waals surface area contributed by atoms with Crippen molar-refractivity contribution in [2.45, 2.75) is 44.0 Å². The first kappa shape index (κ1) is 19.8. The van der Waals surface area contributed by atoms with Crippen molar-refractivity contribution in [3.8, 4) is 5.75 Å². The van der Waals surface area contributed by atoms with Gasteiger partial charge in [0, 0.05) is 29.2 Å². The van der Waals surface area contributed by atoms with E-state index < -0.39 is 15.9 Å². The van der Waals surface area contributed by atoms with Gasteiger partial charge in [-0.15, -0.1) is 11.3 Å². The number of methoxy groups -OCH3 is 1. The maximum Gasteiger partial charge on any atom is 0.257 e. The van der Waals surface area contributed by atoms with Gasteiger partial charge in [0.05, 0.1) is 7.11 Å². The molecule has 0 saturated carbocycles. The SMILES string of the molecule is COc1ccc(C(=O)Nc2ncc(C)s2)cc1S(=O)(=O)N1CCCC[C@@H]1C. The molecule has 0 radical (unpaired) electrons. The summed E-state index contributed by atoms with van der Waals surface area (Å²) < 4.78 is 33.2. The number of carbonyl (C=O) groups excluding carboxylic acids is 1. The highest BCUT2D eigenvalue weighted by Gasteiger charge is 2.33. The standard InChI is InChI=1S/C18H23N3O4S2/c1-12-6-4-5-9-21(12)27(23,24)16-10-14(7-8-15(16)25-3)17(22)20-18-19-11-13(2)26-18/h7-8,10-12H,4-6,9H2,1-3H3,(H,19,20,22)/t12-/m0/s1. The lowest BCUT2D eigenvalue weighted by Crippen LogP contribution is -2.42. The van der Waals surface area contributed by atoms with Crippen LogP contribution < -0.4 is 10.1 Å². The van der Waals surface area contributed by atoms with E-state index in [9.17, 15) is 13.2 Å². The molecule has 7 nitrogen and oxygen atoms in total. The quantitative estimate of drug-likeness (QED) is 0.819. The lowest BCUT2D eigenvalue weighted by Gasteiger charge is -2.32. The fraction of sp³-hybridized carbons (Fsp3) is 0.444. The highest BCUT2D eigenvalue weighted by molar-refractivity contribution is 7.89. The molecule has 1 aromatic heterocycles. The normalized spacial score (nSPS) is 18.3. The second-order valence-corrected chi connectivity index (χ2v) is 9.65. The summed E-state index contributed by atoms with van der Waals surface area (Å²) in [7, 11) is -2.34. The van der Waals surface area contributed by atoms with Crippen LogP contribution in [0.3, 0.4) is 0 Å². The van der Waals surface area contributed by atoms with E-state index >= 15 is 0 Å². The van der Waals surface area contributed by atoms with Crippen LogP contribution in [0.1, 0.15) is 41.4 Å². The Hall–Kier alpha value is -1.97. The zero-order valence-electron chi connectivity index (χ0n) is 15.6. The van der Waals surface area contributed by atoms with Gasteiger partial charge in [-0.3, -0.25) is 10.1 Å². The van der Waals surface area contributed by atoms with Crippen molar-refractivity contribution < 1.29 is 17.9 Å². The molecule has 9 heteroatoms. The Bertz CT molecular complexity index is 940. The second kappa shape index (κ2) is 7.95. The number of piperidine rings is 1. The lowest BCUT2D eigenvalue weighted by molar-refractivity contribution is 0.102. The van der Waals surface area contributed by atoms with Gasteiger partial charge >= 0.3 is 0 Å². The number of rotatable bonds is 5. The number of benzene rings is 1. The molecule has 2 aromatic rings. The number of anilines is 1. The number of hydrogen-bond acceptors (Lipinski definition) is 6. The predicted octanol–water partition coefficient (Wildman–Crippen LogP) is 3.28. The Labute approximate surface area is 163 Å². The summed E-state index contributed by atoms with van der Waals surface area (Å²) in [6, 6.07) is 4.37. The summed E-state index contributed by atoms with van der Waals surface area (Å²) in [5.41, 5.74) is 0.242. The fourth-order valence-electron chi connectivity index (χ4n) is 3.16. The monoisotopic (exact) mass is 409 g/mol. The third-order valence-electron chi connectivity index (χ3n) is 4.60. The molecule has 1 saturated heterocycles. The van der Waals surface area contributed by atoms with Crippen molar-refractivity contribution in [3.05, 3.63) is 34.8 Å². The second-order valence-electron chi connectivity index (χ2n) is 6.56. The van der Waals surface area contributed by atoms with E-state index in [0.717, 1.165) is 24.1 Å². The number of thiazole rings is 1. The van der Waals surface area contributed by atoms with Crippen molar-refractivity contribution in [1.29, 1.82) is 0 Å². The van der Waals surface area contributed by atoms with Gasteiger partial charge in [0.1, 0.15) is 10.6 Å². The molecule has 1 aliphatic rings. The zero-order valence-corrected chi connectivity index (χ0v) is 17.2. The molecule has 1 fully saturated rings. The van der Waals surface area contributed by atoms with Gasteiger partial charge in [0.2, 0.25) is 10.0 Å². The number of hydrogen-bond donors (Lipinski definition) is 1. The van der Waals surface area contributed by atoms with Gasteiger partial charge in [-0.1, -0.05) is 6.42 Å². The minimum atomic E-state index is -3.76. The zero-order chi connectivity index (χ0) is 19.6. The van der Waals surface area contributed by atoms with Gasteiger partial charge in [0.15, 0.2) is 5.13 Å². The number of carbonyl (C=O) groups is 1. The predicted molar refractivity (Wildman–Crippen MR) is 105 cm³/mol. The first-order chi connectivity index (χ1) is 12.8. The van der Waals surface area contributed by atoms with E-state index in [4.69, 9.17) is 4.74 Å². The van der Waals surface area contributed by atoms with E-state index in [0.29, 0.717) is 11.7 Å². The molecule has 1 aromatic carbocycles. The Balaban J connectivity index is 1.94. The molecule has 0 spiro atoms. The average molecular weight is 410 g/mol. The van der Waals surface area contributed by atoms with Crippen LogP contribution in [0.15, 0.2) is 29.3 Å². The van der Waals surface area contributed by atoms with Crippen LogP contribution in [-0.2, 0) is 10.0 Å². The first-order valence-electron chi connectivity index (χ1n) is 8.76. The van der Waals surface area contributed by atoms with Crippen LogP contribution in [0.4, 0.5) is 5.13 Å². The highest BCUT2D eigenvalue weighted by atomic mass is 32.2. The van der Waals surface area contributed by atoms with Gasteiger partial charge < -0.3 is 4.74 Å². The average Bonchev–Trinajstić information content (AvgIpc) is 3.06. The van der Waals surface area contributed by atoms with Crippen LogP contribution in [0.25, 0.3) is 0 Å². The van der Waals surface area contributed by atoms with Crippen LogP contribution in [-0.4, -0.2) is 43.3 Å². The third kappa shape index (κ3) is 4.15. The molecule has 1 aliphatic heterocycles. The van der Waals surface area contributed by atoms with E-state index in [1.807, 2.05) is 13.8 Å². The number of ether oxygens (including phenoxy) is 1. The molecule has 1 N–H and O–H groups in total. The Morgan fingerprint density at radius 3 is 2.78 bits per heavy atom. The van der Waals surface area contributed by atoms with Crippen molar-refractivity contribution >= 4 is 32.4 Å². The molecule has 0 unspecified atom stereocenters. The van der Waals surface area contributed by atoms with Crippen LogP contribution >= 0.6 is 11.3 Å². The van der Waals surface area contributed by atoms with Gasteiger partial charge in [-0.05, 0) is 44.9 Å². The van der Waals surface area contributed by atoms with E-state index in [1.54, 1.807) is 12.3 Å². The van der Waals surface area contributed by atoms with Crippen LogP contribution in [0.5, 0.6) is 5.75 Å². The number of aryl methyl sites for hydroxylation is 1. The summed E-state index contributed by atoms with van der Waals surface area (Å²) >= 11 is 1.36. The summed E-state index contributed by atoms with van der Waals surface area (Å²) in [4.78, 5) is 17.6. The maximum atomic E-state index is 13.2. The molecule has 27 heavy (non-hydrogen) atoms. The number of nitrogens with zero attached hydrogens (tertiary/aromatic N) is 2. The minimum Gasteiger partial charge on any atom is -0.495 e. The number of nitrogens with one attached hydrogen (secondary N) is 1. The molecule has 1 atom stereocenters.